The summed E-state index contributed by atoms with van der Waals surface area (Å²) >= 11 is 1.46. The molecule has 3 N–H and O–H groups in total. The molecule has 0 saturated heterocycles. The van der Waals surface area contributed by atoms with Crippen LogP contribution in [-0.4, -0.2) is 22.1 Å². The third-order valence-corrected chi connectivity index (χ3v) is 3.27. The van der Waals surface area contributed by atoms with E-state index in [1.807, 2.05) is 5.38 Å². The molecule has 0 bridgehead atoms. The predicted octanol–water partition coefficient (Wildman–Crippen LogP) is 2.47. The molecule has 2 aromatic rings. The van der Waals surface area contributed by atoms with Gasteiger partial charge < -0.3 is 15.7 Å². The molecule has 0 saturated carbocycles. The van der Waals surface area contributed by atoms with Gasteiger partial charge in [0.05, 0.1) is 23.3 Å². The molecule has 7 heteroatoms. The van der Waals surface area contributed by atoms with Gasteiger partial charge in [0, 0.05) is 11.1 Å². The maximum atomic E-state index is 11.7. The van der Waals surface area contributed by atoms with Crippen LogP contribution in [0.15, 0.2) is 29.1 Å². The number of nitrogens with one attached hydrogen (secondary N) is 2. The minimum absolute atomic E-state index is 0.191. The molecule has 2 rings (SSSR count). The van der Waals surface area contributed by atoms with Crippen molar-refractivity contribution in [2.45, 2.75) is 13.5 Å². The highest BCUT2D eigenvalue weighted by molar-refractivity contribution is 7.07. The zero-order valence-corrected chi connectivity index (χ0v) is 11.5. The second-order valence-electron chi connectivity index (χ2n) is 4.12. The lowest BCUT2D eigenvalue weighted by Gasteiger charge is -2.09. The van der Waals surface area contributed by atoms with Gasteiger partial charge in [-0.1, -0.05) is 0 Å². The van der Waals surface area contributed by atoms with Crippen LogP contribution in [0.3, 0.4) is 0 Å². The van der Waals surface area contributed by atoms with Crippen molar-refractivity contribution in [2.75, 3.05) is 5.32 Å². The lowest BCUT2D eigenvalue weighted by atomic mass is 10.1. The molecule has 0 aliphatic carbocycles. The average molecular weight is 291 g/mol. The first-order chi connectivity index (χ1) is 9.56. The molecule has 0 aliphatic rings. The summed E-state index contributed by atoms with van der Waals surface area (Å²) in [4.78, 5) is 26.6. The number of thiazole rings is 1. The van der Waals surface area contributed by atoms with Gasteiger partial charge in [0.15, 0.2) is 0 Å². The zero-order chi connectivity index (χ0) is 14.5. The molecular formula is C13H13N3O3S. The minimum Gasteiger partial charge on any atom is -0.478 e. The molecule has 0 fully saturated rings. The Morgan fingerprint density at radius 1 is 1.40 bits per heavy atom. The van der Waals surface area contributed by atoms with Crippen molar-refractivity contribution in [1.29, 1.82) is 0 Å². The zero-order valence-electron chi connectivity index (χ0n) is 10.7. The molecule has 1 heterocycles. The van der Waals surface area contributed by atoms with E-state index in [4.69, 9.17) is 5.11 Å². The Balaban J connectivity index is 1.95. The molecule has 0 radical (unpaired) electrons. The predicted molar refractivity (Wildman–Crippen MR) is 76.1 cm³/mol. The Bertz CT molecular complexity index is 626. The fourth-order valence-electron chi connectivity index (χ4n) is 1.60. The molecule has 104 valence electrons. The number of carboxylic acids is 1. The number of carbonyl (C=O) groups excluding carboxylic acids is 1. The Hall–Kier alpha value is -2.41. The SMILES string of the molecule is Cc1cc(C(=O)O)ccc1NC(=O)NCc1cscn1. The molecular weight excluding hydrogens is 278 g/mol. The summed E-state index contributed by atoms with van der Waals surface area (Å²) in [6.07, 6.45) is 0. The van der Waals surface area contributed by atoms with Crippen LogP contribution in [0.2, 0.25) is 0 Å². The maximum absolute atomic E-state index is 11.7. The Labute approximate surface area is 119 Å². The van der Waals surface area contributed by atoms with Gasteiger partial charge in [-0.2, -0.15) is 0 Å². The number of rotatable bonds is 4. The number of amides is 2. The molecule has 2 amide bonds. The van der Waals surface area contributed by atoms with E-state index in [9.17, 15) is 9.59 Å². The van der Waals surface area contributed by atoms with Gasteiger partial charge in [0.2, 0.25) is 0 Å². The van der Waals surface area contributed by atoms with Gasteiger partial charge in [-0.25, -0.2) is 14.6 Å². The van der Waals surface area contributed by atoms with Crippen molar-refractivity contribution in [3.63, 3.8) is 0 Å². The number of carbonyl (C=O) groups is 2. The van der Waals surface area contributed by atoms with Gasteiger partial charge in [-0.05, 0) is 30.7 Å². The highest BCUT2D eigenvalue weighted by atomic mass is 32.1. The quantitative estimate of drug-likeness (QED) is 0.807. The first-order valence-electron chi connectivity index (χ1n) is 5.82. The van der Waals surface area contributed by atoms with Gasteiger partial charge >= 0.3 is 12.0 Å². The van der Waals surface area contributed by atoms with E-state index in [0.717, 1.165) is 5.69 Å². The molecule has 1 aromatic carbocycles. The average Bonchev–Trinajstić information content (AvgIpc) is 2.91. The monoisotopic (exact) mass is 291 g/mol. The molecule has 0 unspecified atom stereocenters. The lowest BCUT2D eigenvalue weighted by Crippen LogP contribution is -2.28. The minimum atomic E-state index is -0.993. The van der Waals surface area contributed by atoms with E-state index in [1.165, 1.54) is 23.5 Å². The smallest absolute Gasteiger partial charge is 0.335 e. The Morgan fingerprint density at radius 3 is 2.80 bits per heavy atom. The van der Waals surface area contributed by atoms with Crippen molar-refractivity contribution in [3.8, 4) is 0 Å². The number of aryl methyl sites for hydroxylation is 1. The number of nitrogens with zero attached hydrogens (tertiary/aromatic N) is 1. The van der Waals surface area contributed by atoms with E-state index in [1.54, 1.807) is 18.5 Å². The van der Waals surface area contributed by atoms with Gasteiger partial charge in [0.25, 0.3) is 0 Å². The number of aromatic nitrogens is 1. The largest absolute Gasteiger partial charge is 0.478 e. The molecule has 0 atom stereocenters. The van der Waals surface area contributed by atoms with Gasteiger partial charge in [0.1, 0.15) is 0 Å². The van der Waals surface area contributed by atoms with Crippen LogP contribution in [0.25, 0.3) is 0 Å². The number of aromatic carboxylic acids is 1. The first kappa shape index (κ1) is 14.0. The Kier molecular flexibility index (Phi) is 4.31. The van der Waals surface area contributed by atoms with E-state index >= 15 is 0 Å². The summed E-state index contributed by atoms with van der Waals surface area (Å²) in [5.74, 6) is -0.993. The topological polar surface area (TPSA) is 91.3 Å². The molecule has 1 aromatic heterocycles. The summed E-state index contributed by atoms with van der Waals surface area (Å²) in [7, 11) is 0. The summed E-state index contributed by atoms with van der Waals surface area (Å²) in [5.41, 5.74) is 3.95. The van der Waals surface area contributed by atoms with Crippen molar-refractivity contribution in [3.05, 3.63) is 45.9 Å². The van der Waals surface area contributed by atoms with Crippen molar-refractivity contribution >= 4 is 29.0 Å². The van der Waals surface area contributed by atoms with E-state index < -0.39 is 5.97 Å². The van der Waals surface area contributed by atoms with Crippen molar-refractivity contribution in [2.24, 2.45) is 0 Å². The fourth-order valence-corrected chi connectivity index (χ4v) is 2.16. The number of hydrogen-bond donors (Lipinski definition) is 3. The maximum Gasteiger partial charge on any atom is 0.335 e. The highest BCUT2D eigenvalue weighted by Gasteiger charge is 2.08. The fraction of sp³-hybridized carbons (Fsp3) is 0.154. The van der Waals surface area contributed by atoms with Crippen LogP contribution in [0.4, 0.5) is 10.5 Å². The van der Waals surface area contributed by atoms with Crippen LogP contribution in [0.5, 0.6) is 0 Å². The highest BCUT2D eigenvalue weighted by Crippen LogP contribution is 2.16. The second kappa shape index (κ2) is 6.16. The third-order valence-electron chi connectivity index (χ3n) is 2.64. The van der Waals surface area contributed by atoms with Gasteiger partial charge in [-0.3, -0.25) is 0 Å². The van der Waals surface area contributed by atoms with Crippen molar-refractivity contribution < 1.29 is 14.7 Å². The van der Waals surface area contributed by atoms with Gasteiger partial charge in [-0.15, -0.1) is 11.3 Å². The lowest BCUT2D eigenvalue weighted by molar-refractivity contribution is 0.0697. The normalized spacial score (nSPS) is 10.1. The molecule has 0 spiro atoms. The van der Waals surface area contributed by atoms with Crippen LogP contribution >= 0.6 is 11.3 Å². The summed E-state index contributed by atoms with van der Waals surface area (Å²) in [5, 5.41) is 16.1. The summed E-state index contributed by atoms with van der Waals surface area (Å²) in [6.45, 7) is 2.09. The van der Waals surface area contributed by atoms with E-state index in [2.05, 4.69) is 15.6 Å². The number of hydrogen-bond acceptors (Lipinski definition) is 4. The summed E-state index contributed by atoms with van der Waals surface area (Å²) in [6, 6.07) is 4.18. The molecule has 0 aliphatic heterocycles. The van der Waals surface area contributed by atoms with Crippen LogP contribution in [0, 0.1) is 6.92 Å². The number of carboxylic acid groups (broad SMARTS) is 1. The number of urea groups is 1. The van der Waals surface area contributed by atoms with Crippen LogP contribution < -0.4 is 10.6 Å². The van der Waals surface area contributed by atoms with E-state index in [-0.39, 0.29) is 11.6 Å². The van der Waals surface area contributed by atoms with Crippen molar-refractivity contribution in [1.82, 2.24) is 10.3 Å². The molecule has 20 heavy (non-hydrogen) atoms. The third kappa shape index (κ3) is 3.55. The van der Waals surface area contributed by atoms with E-state index in [0.29, 0.717) is 17.8 Å². The first-order valence-corrected chi connectivity index (χ1v) is 6.76. The standard InChI is InChI=1S/C13H13N3O3S/c1-8-4-9(12(17)18)2-3-11(8)16-13(19)14-5-10-6-20-7-15-10/h2-4,6-7H,5H2,1H3,(H,17,18)(H2,14,16,19). The molecule has 6 nitrogen and oxygen atoms in total. The van der Waals surface area contributed by atoms with Crippen LogP contribution in [-0.2, 0) is 6.54 Å². The number of anilines is 1. The number of benzene rings is 1. The summed E-state index contributed by atoms with van der Waals surface area (Å²) < 4.78 is 0. The Morgan fingerprint density at radius 2 is 2.20 bits per heavy atom. The van der Waals surface area contributed by atoms with Crippen LogP contribution in [0.1, 0.15) is 21.6 Å². The second-order valence-corrected chi connectivity index (χ2v) is 4.84.